The fourth-order valence-electron chi connectivity index (χ4n) is 7.37. The van der Waals surface area contributed by atoms with Crippen molar-refractivity contribution in [1.82, 2.24) is 30.3 Å². The summed E-state index contributed by atoms with van der Waals surface area (Å²) in [7, 11) is 3.69. The average Bonchev–Trinajstić information content (AvgIpc) is 3.65. The van der Waals surface area contributed by atoms with Gasteiger partial charge >= 0.3 is 5.97 Å². The summed E-state index contributed by atoms with van der Waals surface area (Å²) in [4.78, 5) is 77.6. The van der Waals surface area contributed by atoms with E-state index in [0.717, 1.165) is 50.6 Å². The van der Waals surface area contributed by atoms with Crippen molar-refractivity contribution in [2.75, 3.05) is 33.7 Å². The number of piperidine rings is 2. The van der Waals surface area contributed by atoms with Crippen LogP contribution in [0.25, 0.3) is 0 Å². The lowest BCUT2D eigenvalue weighted by Gasteiger charge is -2.38. The number of nitrogens with zero attached hydrogens (tertiary/aromatic N) is 4. The lowest BCUT2D eigenvalue weighted by Crippen LogP contribution is -2.58. The Morgan fingerprint density at radius 1 is 0.981 bits per heavy atom. The fourth-order valence-corrected chi connectivity index (χ4v) is 8.21. The molecule has 4 rings (SSSR count). The maximum Gasteiger partial charge on any atom is 0.303 e. The number of hydrogen-bond acceptors (Lipinski definition) is 9. The summed E-state index contributed by atoms with van der Waals surface area (Å²) < 4.78 is 5.81. The molecule has 1 aromatic heterocycles. The first-order valence-corrected chi connectivity index (χ1v) is 20.2. The van der Waals surface area contributed by atoms with Gasteiger partial charge in [0.1, 0.15) is 22.8 Å². The van der Waals surface area contributed by atoms with Crippen LogP contribution in [-0.4, -0.2) is 107 Å². The van der Waals surface area contributed by atoms with E-state index in [-0.39, 0.29) is 53.8 Å². The minimum Gasteiger partial charge on any atom is -0.455 e. The highest BCUT2D eigenvalue weighted by atomic mass is 32.1. The van der Waals surface area contributed by atoms with Crippen molar-refractivity contribution in [2.45, 2.75) is 123 Å². The number of rotatable bonds is 16. The molecule has 2 aliphatic rings. The number of hydrogen-bond donors (Lipinski definition) is 2. The van der Waals surface area contributed by atoms with Gasteiger partial charge in [-0.1, -0.05) is 70.9 Å². The van der Waals surface area contributed by atoms with Crippen LogP contribution in [0.15, 0.2) is 35.7 Å². The van der Waals surface area contributed by atoms with E-state index in [2.05, 4.69) is 20.5 Å². The predicted octanol–water partition coefficient (Wildman–Crippen LogP) is 4.99. The van der Waals surface area contributed by atoms with E-state index in [9.17, 15) is 24.0 Å². The van der Waals surface area contributed by atoms with Crippen LogP contribution in [-0.2, 0) is 30.3 Å². The molecule has 3 heterocycles. The first-order chi connectivity index (χ1) is 25.3. The van der Waals surface area contributed by atoms with Gasteiger partial charge in [-0.25, -0.2) is 4.98 Å². The topological polar surface area (TPSA) is 141 Å². The molecule has 6 atom stereocenters. The van der Waals surface area contributed by atoms with E-state index >= 15 is 0 Å². The van der Waals surface area contributed by atoms with Crippen LogP contribution in [0.2, 0.25) is 0 Å². The van der Waals surface area contributed by atoms with Crippen molar-refractivity contribution in [3.8, 4) is 0 Å². The molecular formula is C40H60N6O6S. The van der Waals surface area contributed by atoms with Crippen molar-refractivity contribution in [3.63, 3.8) is 0 Å². The molecule has 0 spiro atoms. The van der Waals surface area contributed by atoms with Gasteiger partial charge < -0.3 is 25.2 Å². The normalized spacial score (nSPS) is 19.4. The number of amides is 4. The van der Waals surface area contributed by atoms with Crippen LogP contribution in [0.5, 0.6) is 0 Å². The zero-order valence-corrected chi connectivity index (χ0v) is 33.5. The van der Waals surface area contributed by atoms with E-state index < -0.39 is 30.1 Å². The third-order valence-corrected chi connectivity index (χ3v) is 11.7. The molecule has 0 radical (unpaired) electrons. The van der Waals surface area contributed by atoms with E-state index in [1.807, 2.05) is 70.0 Å². The van der Waals surface area contributed by atoms with Crippen molar-refractivity contribution in [3.05, 3.63) is 52.0 Å². The summed E-state index contributed by atoms with van der Waals surface area (Å²) in [5, 5.41) is 8.08. The maximum atomic E-state index is 14.2. The molecule has 2 fully saturated rings. The number of benzene rings is 1. The third-order valence-electron chi connectivity index (χ3n) is 10.8. The van der Waals surface area contributed by atoms with Crippen LogP contribution in [0, 0.1) is 11.8 Å². The number of likely N-dealkylation sites (N-methyl/N-ethyl adjacent to an activating group) is 2. The molecule has 2 saturated heterocycles. The highest BCUT2D eigenvalue weighted by Gasteiger charge is 2.37. The van der Waals surface area contributed by atoms with Crippen molar-refractivity contribution in [1.29, 1.82) is 0 Å². The molecule has 13 heteroatoms. The van der Waals surface area contributed by atoms with E-state index in [1.165, 1.54) is 18.3 Å². The van der Waals surface area contributed by atoms with Crippen molar-refractivity contribution in [2.24, 2.45) is 11.8 Å². The second-order valence-electron chi connectivity index (χ2n) is 15.1. The van der Waals surface area contributed by atoms with Gasteiger partial charge in [-0.3, -0.25) is 28.9 Å². The van der Waals surface area contributed by atoms with E-state index in [0.29, 0.717) is 30.9 Å². The van der Waals surface area contributed by atoms with Crippen LogP contribution in [0.4, 0.5) is 0 Å². The highest BCUT2D eigenvalue weighted by molar-refractivity contribution is 7.09. The Balaban J connectivity index is 1.52. The van der Waals surface area contributed by atoms with Gasteiger partial charge in [0, 0.05) is 51.3 Å². The second kappa shape index (κ2) is 20.0. The molecule has 53 heavy (non-hydrogen) atoms. The highest BCUT2D eigenvalue weighted by Crippen LogP contribution is 2.31. The van der Waals surface area contributed by atoms with Crippen LogP contribution >= 0.6 is 11.3 Å². The van der Waals surface area contributed by atoms with Gasteiger partial charge in [0.05, 0.1) is 6.04 Å². The Labute approximate surface area is 319 Å². The maximum absolute atomic E-state index is 14.2. The molecule has 0 aliphatic carbocycles. The Morgan fingerprint density at radius 3 is 2.28 bits per heavy atom. The Kier molecular flexibility index (Phi) is 15.8. The SMILES string of the molecule is CC[C@H](C)[C@H](NC(=O)[C@H]1CCCCN1C)C(=O)N(C)[C@H](C[C@@H](OC(C)=O)c1nc(C(=O)N[C@@H](Cc2ccccc2)C(=O)N2CCCCC2)cs1)C(C)C. The minimum atomic E-state index is -0.829. The Bertz CT molecular complexity index is 1530. The number of ether oxygens (including phenoxy) is 1. The fraction of sp³-hybridized carbons (Fsp3) is 0.650. The average molecular weight is 753 g/mol. The number of carbonyl (C=O) groups is 5. The quantitative estimate of drug-likeness (QED) is 0.229. The Morgan fingerprint density at radius 2 is 1.66 bits per heavy atom. The summed E-state index contributed by atoms with van der Waals surface area (Å²) in [6.45, 7) is 11.5. The van der Waals surface area contributed by atoms with Gasteiger partial charge in [-0.05, 0) is 63.1 Å². The monoisotopic (exact) mass is 752 g/mol. The largest absolute Gasteiger partial charge is 0.455 e. The Hall–Kier alpha value is -3.84. The number of esters is 1. The van der Waals surface area contributed by atoms with Gasteiger partial charge in [0.15, 0.2) is 6.10 Å². The lowest BCUT2D eigenvalue weighted by atomic mass is 9.92. The van der Waals surface area contributed by atoms with Crippen molar-refractivity contribution >= 4 is 40.9 Å². The third kappa shape index (κ3) is 11.6. The lowest BCUT2D eigenvalue weighted by molar-refractivity contribution is -0.149. The predicted molar refractivity (Wildman–Crippen MR) is 206 cm³/mol. The number of aromatic nitrogens is 1. The first kappa shape index (κ1) is 41.9. The van der Waals surface area contributed by atoms with Crippen LogP contribution < -0.4 is 10.6 Å². The summed E-state index contributed by atoms with van der Waals surface area (Å²) in [5.74, 6) is -1.58. The van der Waals surface area contributed by atoms with Gasteiger partial charge in [-0.2, -0.15) is 0 Å². The van der Waals surface area contributed by atoms with Crippen molar-refractivity contribution < 1.29 is 28.7 Å². The summed E-state index contributed by atoms with van der Waals surface area (Å²) in [5.41, 5.74) is 1.07. The van der Waals surface area contributed by atoms with E-state index in [1.54, 1.807) is 17.3 Å². The summed E-state index contributed by atoms with van der Waals surface area (Å²) in [6.07, 6.45) is 6.20. The number of carbonyl (C=O) groups excluding carboxylic acids is 5. The number of likely N-dealkylation sites (tertiary alicyclic amines) is 2. The molecule has 4 amide bonds. The molecule has 0 saturated carbocycles. The van der Waals surface area contributed by atoms with Gasteiger partial charge in [0.25, 0.3) is 5.91 Å². The molecule has 0 bridgehead atoms. The minimum absolute atomic E-state index is 0.0398. The van der Waals surface area contributed by atoms with Crippen LogP contribution in [0.3, 0.4) is 0 Å². The molecule has 12 nitrogen and oxygen atoms in total. The number of thiazole rings is 1. The second-order valence-corrected chi connectivity index (χ2v) is 16.0. The molecule has 2 aliphatic heterocycles. The molecule has 2 aromatic rings. The van der Waals surface area contributed by atoms with Crippen LogP contribution in [0.1, 0.15) is 113 Å². The zero-order chi connectivity index (χ0) is 38.7. The zero-order valence-electron chi connectivity index (χ0n) is 32.6. The van der Waals surface area contributed by atoms with E-state index in [4.69, 9.17) is 4.74 Å². The molecule has 0 unspecified atom stereocenters. The summed E-state index contributed by atoms with van der Waals surface area (Å²) >= 11 is 1.20. The standard InChI is InChI=1S/C40H60N6O6S/c1-8-27(4)35(43-37(49)32-19-13-16-20-44(32)6)40(51)45(7)33(26(2)3)24-34(52-28(5)47)38-42-31(25-53-38)36(48)41-30(23-29-17-11-9-12-18-29)39(50)46-21-14-10-15-22-46/h9,11-12,17-18,25-27,30,32-35H,8,10,13-16,19-24H2,1-7H3,(H,41,48)(H,43,49)/t27-,30-,32+,33+,34+,35-/m0/s1. The van der Waals surface area contributed by atoms with Gasteiger partial charge in [-0.15, -0.1) is 11.3 Å². The molecule has 1 aromatic carbocycles. The van der Waals surface area contributed by atoms with Gasteiger partial charge in [0.2, 0.25) is 17.7 Å². The molecular weight excluding hydrogens is 693 g/mol. The molecule has 292 valence electrons. The first-order valence-electron chi connectivity index (χ1n) is 19.3. The molecule has 2 N–H and O–H groups in total. The number of nitrogens with one attached hydrogen (secondary N) is 2. The smallest absolute Gasteiger partial charge is 0.303 e. The summed E-state index contributed by atoms with van der Waals surface area (Å²) in [6, 6.07) is 7.48.